The van der Waals surface area contributed by atoms with E-state index < -0.39 is 0 Å². The molecule has 0 N–H and O–H groups in total. The summed E-state index contributed by atoms with van der Waals surface area (Å²) in [6.07, 6.45) is 2.19. The van der Waals surface area contributed by atoms with Crippen LogP contribution in [0.2, 0.25) is 0 Å². The van der Waals surface area contributed by atoms with Crippen molar-refractivity contribution < 1.29 is 4.39 Å². The first-order chi connectivity index (χ1) is 5.27. The van der Waals surface area contributed by atoms with Gasteiger partial charge in [-0.05, 0) is 25.3 Å². The molecule has 1 nitrogen and oxygen atoms in total. The van der Waals surface area contributed by atoms with Crippen molar-refractivity contribution in [2.24, 2.45) is 5.92 Å². The minimum atomic E-state index is -0.177. The van der Waals surface area contributed by atoms with E-state index in [4.69, 9.17) is 0 Å². The van der Waals surface area contributed by atoms with E-state index in [1.165, 1.54) is 6.42 Å². The average molecular weight is 159 g/mol. The molecule has 2 heteroatoms. The van der Waals surface area contributed by atoms with Gasteiger partial charge in [0.25, 0.3) is 0 Å². The largest absolute Gasteiger partial charge is 0.298 e. The number of alkyl halides is 1. The molecule has 1 aliphatic rings. The highest BCUT2D eigenvalue weighted by atomic mass is 19.1. The van der Waals surface area contributed by atoms with Crippen molar-refractivity contribution in [1.29, 1.82) is 0 Å². The number of rotatable bonds is 3. The molecule has 66 valence electrons. The van der Waals surface area contributed by atoms with Gasteiger partial charge in [0.15, 0.2) is 0 Å². The molecular formula is C9H18FN. The summed E-state index contributed by atoms with van der Waals surface area (Å²) in [7, 11) is 0. The molecule has 0 aromatic carbocycles. The number of likely N-dealkylation sites (tertiary alicyclic amines) is 1. The smallest absolute Gasteiger partial charge is 0.105 e. The summed E-state index contributed by atoms with van der Waals surface area (Å²) < 4.78 is 12.4. The lowest BCUT2D eigenvalue weighted by atomic mass is 10.2. The summed E-state index contributed by atoms with van der Waals surface area (Å²) in [4.78, 5) is 2.28. The molecule has 1 aliphatic heterocycles. The predicted molar refractivity (Wildman–Crippen MR) is 45.4 cm³/mol. The molecule has 1 unspecified atom stereocenters. The van der Waals surface area contributed by atoms with Crippen LogP contribution in [0.15, 0.2) is 0 Å². The Bertz CT molecular complexity index is 112. The third-order valence-corrected chi connectivity index (χ3v) is 2.62. The quantitative estimate of drug-likeness (QED) is 0.609. The molecule has 0 aromatic rings. The highest BCUT2D eigenvalue weighted by molar-refractivity contribution is 4.78. The van der Waals surface area contributed by atoms with Crippen molar-refractivity contribution in [3.05, 3.63) is 0 Å². The van der Waals surface area contributed by atoms with Crippen molar-refractivity contribution in [2.45, 2.75) is 32.7 Å². The first-order valence-electron chi connectivity index (χ1n) is 4.58. The highest BCUT2D eigenvalue weighted by Crippen LogP contribution is 2.19. The maximum absolute atomic E-state index is 12.4. The summed E-state index contributed by atoms with van der Waals surface area (Å²) in [6, 6.07) is 0.194. The van der Waals surface area contributed by atoms with Gasteiger partial charge in [-0.1, -0.05) is 13.8 Å². The Morgan fingerprint density at radius 2 is 2.36 bits per heavy atom. The van der Waals surface area contributed by atoms with Gasteiger partial charge in [0.05, 0.1) is 0 Å². The third-order valence-electron chi connectivity index (χ3n) is 2.62. The van der Waals surface area contributed by atoms with Gasteiger partial charge in [0.2, 0.25) is 0 Å². The molecule has 0 bridgehead atoms. The number of nitrogens with zero attached hydrogens (tertiary/aromatic N) is 1. The third kappa shape index (κ3) is 2.16. The Kier molecular flexibility index (Phi) is 3.31. The molecule has 0 aromatic heterocycles. The molecule has 1 heterocycles. The van der Waals surface area contributed by atoms with Crippen LogP contribution < -0.4 is 0 Å². The lowest BCUT2D eigenvalue weighted by Gasteiger charge is -2.23. The van der Waals surface area contributed by atoms with Crippen molar-refractivity contribution in [2.75, 3.05) is 19.8 Å². The Balaban J connectivity index is 2.34. The lowest BCUT2D eigenvalue weighted by Crippen LogP contribution is -2.34. The summed E-state index contributed by atoms with van der Waals surface area (Å²) in [6.45, 7) is 6.33. The first kappa shape index (κ1) is 8.98. The Morgan fingerprint density at radius 3 is 2.73 bits per heavy atom. The van der Waals surface area contributed by atoms with Gasteiger partial charge in [-0.25, -0.2) is 4.39 Å². The van der Waals surface area contributed by atoms with Gasteiger partial charge >= 0.3 is 0 Å². The van der Waals surface area contributed by atoms with E-state index in [1.54, 1.807) is 0 Å². The number of hydrogen-bond donors (Lipinski definition) is 0. The molecule has 11 heavy (non-hydrogen) atoms. The zero-order chi connectivity index (χ0) is 8.27. The molecule has 0 saturated carbocycles. The average Bonchev–Trinajstić information content (AvgIpc) is 2.39. The Morgan fingerprint density at radius 1 is 1.64 bits per heavy atom. The van der Waals surface area contributed by atoms with Crippen molar-refractivity contribution in [1.82, 2.24) is 4.90 Å². The molecule has 0 radical (unpaired) electrons. The molecular weight excluding hydrogens is 141 g/mol. The molecule has 0 aliphatic carbocycles. The normalized spacial score (nSPS) is 29.2. The van der Waals surface area contributed by atoms with Crippen molar-refractivity contribution in [3.8, 4) is 0 Å². The van der Waals surface area contributed by atoms with E-state index in [9.17, 15) is 4.39 Å². The second kappa shape index (κ2) is 4.05. The summed E-state index contributed by atoms with van der Waals surface area (Å²) in [5, 5.41) is 0. The van der Waals surface area contributed by atoms with Crippen molar-refractivity contribution >= 4 is 0 Å². The van der Waals surface area contributed by atoms with Crippen molar-refractivity contribution in [3.63, 3.8) is 0 Å². The van der Waals surface area contributed by atoms with E-state index in [1.807, 2.05) is 0 Å². The maximum Gasteiger partial charge on any atom is 0.105 e. The minimum absolute atomic E-state index is 0.177. The lowest BCUT2D eigenvalue weighted by molar-refractivity contribution is 0.191. The summed E-state index contributed by atoms with van der Waals surface area (Å²) >= 11 is 0. The zero-order valence-electron chi connectivity index (χ0n) is 7.52. The fourth-order valence-corrected chi connectivity index (χ4v) is 1.77. The Hall–Kier alpha value is -0.110. The van der Waals surface area contributed by atoms with Crippen LogP contribution in [0.25, 0.3) is 0 Å². The Labute approximate surface area is 68.6 Å². The standard InChI is InChI=1S/C9H18FN/c1-3-9(6-10)11-5-4-8(2)7-11/h8-9H,3-7H2,1-2H3/t8-,9?/m1/s1. The second-order valence-electron chi connectivity index (χ2n) is 3.61. The topological polar surface area (TPSA) is 3.24 Å². The van der Waals surface area contributed by atoms with Crippen LogP contribution in [0.5, 0.6) is 0 Å². The fraction of sp³-hybridized carbons (Fsp3) is 1.00. The van der Waals surface area contributed by atoms with Crippen LogP contribution in [0, 0.1) is 5.92 Å². The predicted octanol–water partition coefficient (Wildman–Crippen LogP) is 2.08. The van der Waals surface area contributed by atoms with Gasteiger partial charge < -0.3 is 0 Å². The maximum atomic E-state index is 12.4. The second-order valence-corrected chi connectivity index (χ2v) is 3.61. The number of hydrogen-bond acceptors (Lipinski definition) is 1. The fourth-order valence-electron chi connectivity index (χ4n) is 1.77. The monoisotopic (exact) mass is 159 g/mol. The molecule has 0 amide bonds. The van der Waals surface area contributed by atoms with Gasteiger partial charge in [-0.2, -0.15) is 0 Å². The van der Waals surface area contributed by atoms with Gasteiger partial charge in [-0.3, -0.25) is 4.90 Å². The zero-order valence-corrected chi connectivity index (χ0v) is 7.52. The van der Waals surface area contributed by atoms with Crippen LogP contribution in [-0.2, 0) is 0 Å². The SMILES string of the molecule is CCC(CF)N1CC[C@@H](C)C1. The van der Waals surface area contributed by atoms with Gasteiger partial charge in [0.1, 0.15) is 6.67 Å². The van der Waals surface area contributed by atoms with E-state index in [-0.39, 0.29) is 12.7 Å². The highest BCUT2D eigenvalue weighted by Gasteiger charge is 2.24. The first-order valence-corrected chi connectivity index (χ1v) is 4.58. The molecule has 2 atom stereocenters. The molecule has 1 fully saturated rings. The van der Waals surface area contributed by atoms with Crippen LogP contribution in [0.1, 0.15) is 26.7 Å². The minimum Gasteiger partial charge on any atom is -0.298 e. The van der Waals surface area contributed by atoms with E-state index in [0.717, 1.165) is 25.4 Å². The van der Waals surface area contributed by atoms with Crippen LogP contribution in [-0.4, -0.2) is 30.7 Å². The van der Waals surface area contributed by atoms with E-state index in [0.29, 0.717) is 0 Å². The summed E-state index contributed by atoms with van der Waals surface area (Å²) in [5.41, 5.74) is 0. The molecule has 1 rings (SSSR count). The van der Waals surface area contributed by atoms with E-state index in [2.05, 4.69) is 18.7 Å². The molecule has 1 saturated heterocycles. The van der Waals surface area contributed by atoms with Crippen LogP contribution >= 0.6 is 0 Å². The van der Waals surface area contributed by atoms with Gasteiger partial charge in [-0.15, -0.1) is 0 Å². The van der Waals surface area contributed by atoms with Crippen LogP contribution in [0.3, 0.4) is 0 Å². The summed E-state index contributed by atoms with van der Waals surface area (Å²) in [5.74, 6) is 0.774. The van der Waals surface area contributed by atoms with E-state index >= 15 is 0 Å². The van der Waals surface area contributed by atoms with Crippen LogP contribution in [0.4, 0.5) is 4.39 Å². The van der Waals surface area contributed by atoms with Gasteiger partial charge in [0, 0.05) is 12.6 Å². The molecule has 0 spiro atoms. The number of halogens is 1.